The number of hydrogen-bond acceptors (Lipinski definition) is 4. The molecule has 0 aliphatic carbocycles. The summed E-state index contributed by atoms with van der Waals surface area (Å²) in [6.07, 6.45) is 1.34. The summed E-state index contributed by atoms with van der Waals surface area (Å²) in [6, 6.07) is 21.0. The second kappa shape index (κ2) is 8.71. The molecular formula is C23H24N2O3S2. The predicted molar refractivity (Wildman–Crippen MR) is 121 cm³/mol. The molecule has 7 heteroatoms. The first-order valence-electron chi connectivity index (χ1n) is 9.97. The average Bonchev–Trinajstić information content (AvgIpc) is 3.22. The van der Waals surface area contributed by atoms with Crippen molar-refractivity contribution in [1.82, 2.24) is 4.31 Å². The van der Waals surface area contributed by atoms with Gasteiger partial charge < -0.3 is 5.32 Å². The van der Waals surface area contributed by atoms with Crippen LogP contribution in [0.3, 0.4) is 0 Å². The van der Waals surface area contributed by atoms with Crippen molar-refractivity contribution in [2.75, 3.05) is 18.4 Å². The molecule has 1 amide bonds. The molecule has 1 N–H and O–H groups in total. The maximum Gasteiger partial charge on any atom is 0.252 e. The van der Waals surface area contributed by atoms with E-state index in [9.17, 15) is 13.2 Å². The molecule has 1 fully saturated rings. The summed E-state index contributed by atoms with van der Waals surface area (Å²) in [4.78, 5) is 14.0. The van der Waals surface area contributed by atoms with Crippen LogP contribution < -0.4 is 5.32 Å². The van der Waals surface area contributed by atoms with Crippen LogP contribution in [0.5, 0.6) is 0 Å². The van der Waals surface area contributed by atoms with Crippen LogP contribution >= 0.6 is 11.3 Å². The van der Waals surface area contributed by atoms with E-state index >= 15 is 0 Å². The third-order valence-electron chi connectivity index (χ3n) is 5.33. The smallest absolute Gasteiger partial charge is 0.252 e. The monoisotopic (exact) mass is 440 g/mol. The van der Waals surface area contributed by atoms with Crippen LogP contribution in [-0.4, -0.2) is 31.7 Å². The summed E-state index contributed by atoms with van der Waals surface area (Å²) in [6.45, 7) is 2.54. The van der Waals surface area contributed by atoms with Gasteiger partial charge in [-0.05, 0) is 43.5 Å². The third-order valence-corrected chi connectivity index (χ3v) is 8.67. The topological polar surface area (TPSA) is 66.5 Å². The van der Waals surface area contributed by atoms with Gasteiger partial charge in [-0.15, -0.1) is 11.3 Å². The van der Waals surface area contributed by atoms with E-state index < -0.39 is 10.0 Å². The van der Waals surface area contributed by atoms with Crippen LogP contribution in [0.4, 0.5) is 5.69 Å². The molecule has 5 nitrogen and oxygen atoms in total. The van der Waals surface area contributed by atoms with Gasteiger partial charge in [0.15, 0.2) is 0 Å². The zero-order valence-electron chi connectivity index (χ0n) is 16.7. The molecular weight excluding hydrogens is 416 g/mol. The molecule has 1 aliphatic heterocycles. The maximum atomic E-state index is 13.0. The molecule has 0 bridgehead atoms. The number of amides is 1. The van der Waals surface area contributed by atoms with Crippen LogP contribution in [0.1, 0.15) is 17.7 Å². The normalized spacial score (nSPS) is 17.6. The minimum Gasteiger partial charge on any atom is -0.325 e. The number of hydrogen-bond donors (Lipinski definition) is 1. The van der Waals surface area contributed by atoms with Crippen LogP contribution in [0.25, 0.3) is 11.1 Å². The Hall–Kier alpha value is -2.48. The number of para-hydroxylation sites is 1. The lowest BCUT2D eigenvalue weighted by Crippen LogP contribution is -2.43. The highest BCUT2D eigenvalue weighted by Crippen LogP contribution is 2.31. The highest BCUT2D eigenvalue weighted by atomic mass is 32.2. The molecule has 3 aromatic rings. The molecule has 30 heavy (non-hydrogen) atoms. The second-order valence-electron chi connectivity index (χ2n) is 7.47. The highest BCUT2D eigenvalue weighted by molar-refractivity contribution is 7.91. The zero-order chi connectivity index (χ0) is 21.1. The Labute approximate surface area is 181 Å². The van der Waals surface area contributed by atoms with E-state index in [0.29, 0.717) is 23.6 Å². The average molecular weight is 441 g/mol. The van der Waals surface area contributed by atoms with E-state index in [1.54, 1.807) is 6.07 Å². The summed E-state index contributed by atoms with van der Waals surface area (Å²) < 4.78 is 27.7. The lowest BCUT2D eigenvalue weighted by Gasteiger charge is -2.31. The Morgan fingerprint density at radius 2 is 1.77 bits per heavy atom. The van der Waals surface area contributed by atoms with Crippen molar-refractivity contribution in [3.63, 3.8) is 0 Å². The number of benzene rings is 2. The first-order chi connectivity index (χ1) is 14.4. The number of carbonyl (C=O) groups excluding carboxylic acids is 1. The number of thiophene rings is 1. The molecule has 0 spiro atoms. The predicted octanol–water partition coefficient (Wildman–Crippen LogP) is 4.76. The Morgan fingerprint density at radius 1 is 1.03 bits per heavy atom. The fraction of sp³-hybridized carbons (Fsp3) is 0.261. The summed E-state index contributed by atoms with van der Waals surface area (Å²) in [5.74, 6) is -0.515. The second-order valence-corrected chi connectivity index (χ2v) is 10.9. The fourth-order valence-electron chi connectivity index (χ4n) is 3.75. The lowest BCUT2D eigenvalue weighted by molar-refractivity contribution is -0.120. The summed E-state index contributed by atoms with van der Waals surface area (Å²) >= 11 is 1.27. The number of nitrogens with one attached hydrogen (secondary N) is 1. The SMILES string of the molecule is Cc1ccc(S(=O)(=O)N2CCCC(C(=O)Nc3ccccc3-c3ccccc3)C2)s1. The number of nitrogens with zero attached hydrogens (tertiary/aromatic N) is 1. The van der Waals surface area contributed by atoms with Gasteiger partial charge in [0, 0.05) is 29.2 Å². The maximum absolute atomic E-state index is 13.0. The van der Waals surface area contributed by atoms with E-state index in [-0.39, 0.29) is 18.4 Å². The third kappa shape index (κ3) is 4.33. The fourth-order valence-corrected chi connectivity index (χ4v) is 6.71. The highest BCUT2D eigenvalue weighted by Gasteiger charge is 2.34. The molecule has 0 saturated carbocycles. The molecule has 1 saturated heterocycles. The first kappa shape index (κ1) is 20.8. The van der Waals surface area contributed by atoms with Gasteiger partial charge in [-0.2, -0.15) is 4.31 Å². The quantitative estimate of drug-likeness (QED) is 0.622. The molecule has 156 valence electrons. The number of aryl methyl sites for hydroxylation is 1. The minimum atomic E-state index is -3.56. The van der Waals surface area contributed by atoms with Crippen molar-refractivity contribution in [2.45, 2.75) is 24.0 Å². The van der Waals surface area contributed by atoms with Crippen LogP contribution in [0.2, 0.25) is 0 Å². The Bertz CT molecular complexity index is 1140. The lowest BCUT2D eigenvalue weighted by atomic mass is 9.98. The van der Waals surface area contributed by atoms with Crippen molar-refractivity contribution in [2.24, 2.45) is 5.92 Å². The molecule has 1 aromatic heterocycles. The van der Waals surface area contributed by atoms with Gasteiger partial charge in [0.2, 0.25) is 5.91 Å². The molecule has 2 heterocycles. The van der Waals surface area contributed by atoms with Gasteiger partial charge in [0.05, 0.1) is 5.92 Å². The first-order valence-corrected chi connectivity index (χ1v) is 12.2. The molecule has 1 aliphatic rings. The number of piperidine rings is 1. The van der Waals surface area contributed by atoms with Gasteiger partial charge in [0.1, 0.15) is 4.21 Å². The standard InChI is InChI=1S/C23H24N2O3S2/c1-17-13-14-22(29-17)30(27,28)25-15-7-10-19(16-25)23(26)24-21-12-6-5-11-20(21)18-8-3-2-4-9-18/h2-6,8-9,11-14,19H,7,10,15-16H2,1H3,(H,24,26). The van der Waals surface area contributed by atoms with Crippen molar-refractivity contribution >= 4 is 33.0 Å². The molecule has 1 unspecified atom stereocenters. The van der Waals surface area contributed by atoms with Gasteiger partial charge in [-0.25, -0.2) is 8.42 Å². The van der Waals surface area contributed by atoms with Crippen molar-refractivity contribution < 1.29 is 13.2 Å². The van der Waals surface area contributed by atoms with E-state index in [0.717, 1.165) is 21.7 Å². The Kier molecular flexibility index (Phi) is 6.04. The number of carbonyl (C=O) groups is 1. The Morgan fingerprint density at radius 3 is 2.50 bits per heavy atom. The zero-order valence-corrected chi connectivity index (χ0v) is 18.4. The summed E-state index contributed by atoms with van der Waals surface area (Å²) in [5, 5.41) is 3.04. The van der Waals surface area contributed by atoms with E-state index in [1.807, 2.05) is 67.6 Å². The Balaban J connectivity index is 1.51. The van der Waals surface area contributed by atoms with Crippen LogP contribution in [0, 0.1) is 12.8 Å². The largest absolute Gasteiger partial charge is 0.325 e. The minimum absolute atomic E-state index is 0.138. The van der Waals surface area contributed by atoms with Crippen LogP contribution in [-0.2, 0) is 14.8 Å². The molecule has 2 aromatic carbocycles. The van der Waals surface area contributed by atoms with Gasteiger partial charge in [-0.3, -0.25) is 4.79 Å². The van der Waals surface area contributed by atoms with E-state index in [2.05, 4.69) is 5.32 Å². The number of sulfonamides is 1. The van der Waals surface area contributed by atoms with Gasteiger partial charge >= 0.3 is 0 Å². The van der Waals surface area contributed by atoms with Gasteiger partial charge in [0.25, 0.3) is 10.0 Å². The molecule has 4 rings (SSSR count). The van der Waals surface area contributed by atoms with E-state index in [1.165, 1.54) is 15.6 Å². The molecule has 0 radical (unpaired) electrons. The summed E-state index contributed by atoms with van der Waals surface area (Å²) in [7, 11) is -3.56. The number of anilines is 1. The van der Waals surface area contributed by atoms with E-state index in [4.69, 9.17) is 0 Å². The molecule has 1 atom stereocenters. The number of rotatable bonds is 5. The van der Waals surface area contributed by atoms with Crippen molar-refractivity contribution in [3.05, 3.63) is 71.6 Å². The summed E-state index contributed by atoms with van der Waals surface area (Å²) in [5.41, 5.74) is 2.71. The van der Waals surface area contributed by atoms with Gasteiger partial charge in [-0.1, -0.05) is 48.5 Å². The van der Waals surface area contributed by atoms with Crippen molar-refractivity contribution in [3.8, 4) is 11.1 Å². The van der Waals surface area contributed by atoms with Crippen molar-refractivity contribution in [1.29, 1.82) is 0 Å². The van der Waals surface area contributed by atoms with Crippen LogP contribution in [0.15, 0.2) is 70.9 Å².